The fraction of sp³-hybridized carbons (Fsp3) is 0.588. The number of thiocarbonyl (C=S) groups is 1. The topological polar surface area (TPSA) is 12.5 Å². The van der Waals surface area contributed by atoms with Crippen LogP contribution in [0.5, 0.6) is 0 Å². The van der Waals surface area contributed by atoms with Crippen LogP contribution < -0.4 is 0 Å². The zero-order chi connectivity index (χ0) is 14.0. The molecule has 1 heterocycles. The van der Waals surface area contributed by atoms with Crippen molar-refractivity contribution in [3.8, 4) is 0 Å². The lowest BCUT2D eigenvalue weighted by molar-refractivity contribution is 0.00303. The molecule has 3 rings (SSSR count). The molecule has 1 aliphatic heterocycles. The summed E-state index contributed by atoms with van der Waals surface area (Å²) in [5, 5.41) is 0. The smallest absolute Gasteiger partial charge is 0.0594 e. The summed E-state index contributed by atoms with van der Waals surface area (Å²) in [4.78, 5) is 3.74. The molecule has 1 aromatic carbocycles. The average Bonchev–Trinajstić information content (AvgIpc) is 2.99. The molecule has 2 nitrogen and oxygen atoms in total. The molecular formula is C17H23NOS. The Morgan fingerprint density at radius 1 is 1.10 bits per heavy atom. The summed E-state index contributed by atoms with van der Waals surface area (Å²) in [5.41, 5.74) is 2.64. The Kier molecular flexibility index (Phi) is 4.20. The standard InChI is InChI=1S/C17H23NOS/c1-14-4-6-15(7-5-14)16(20)17(8-2-3-9-17)18-10-12-19-13-11-18/h4-7H,2-3,8-13H2,1H3. The van der Waals surface area contributed by atoms with E-state index in [1.807, 2.05) is 0 Å². The highest BCUT2D eigenvalue weighted by atomic mass is 32.1. The Bertz CT molecular complexity index is 470. The molecule has 1 saturated carbocycles. The molecule has 20 heavy (non-hydrogen) atoms. The first-order valence-electron chi connectivity index (χ1n) is 7.67. The summed E-state index contributed by atoms with van der Waals surface area (Å²) in [6.07, 6.45) is 5.01. The van der Waals surface area contributed by atoms with Crippen molar-refractivity contribution in [2.45, 2.75) is 38.1 Å². The van der Waals surface area contributed by atoms with Crippen LogP contribution in [0.3, 0.4) is 0 Å². The van der Waals surface area contributed by atoms with Crippen molar-refractivity contribution in [2.24, 2.45) is 0 Å². The lowest BCUT2D eigenvalue weighted by Crippen LogP contribution is -2.56. The third-order valence-electron chi connectivity index (χ3n) is 4.78. The van der Waals surface area contributed by atoms with Crippen LogP contribution in [0, 0.1) is 6.92 Å². The lowest BCUT2D eigenvalue weighted by atomic mass is 9.86. The highest BCUT2D eigenvalue weighted by Crippen LogP contribution is 2.39. The summed E-state index contributed by atoms with van der Waals surface area (Å²) in [6, 6.07) is 8.73. The first-order chi connectivity index (χ1) is 9.72. The fourth-order valence-electron chi connectivity index (χ4n) is 3.61. The second kappa shape index (κ2) is 5.92. The molecule has 2 aliphatic rings. The van der Waals surface area contributed by atoms with Gasteiger partial charge in [-0.05, 0) is 25.3 Å². The van der Waals surface area contributed by atoms with Crippen LogP contribution in [0.15, 0.2) is 24.3 Å². The van der Waals surface area contributed by atoms with Crippen molar-refractivity contribution in [3.05, 3.63) is 35.4 Å². The summed E-state index contributed by atoms with van der Waals surface area (Å²) in [7, 11) is 0. The van der Waals surface area contributed by atoms with Gasteiger partial charge in [0.25, 0.3) is 0 Å². The van der Waals surface area contributed by atoms with E-state index in [2.05, 4.69) is 36.1 Å². The van der Waals surface area contributed by atoms with Gasteiger partial charge in [0.2, 0.25) is 0 Å². The normalized spacial score (nSPS) is 22.9. The number of hydrogen-bond donors (Lipinski definition) is 0. The molecule has 0 amide bonds. The number of benzene rings is 1. The molecule has 0 bridgehead atoms. The number of nitrogens with zero attached hydrogens (tertiary/aromatic N) is 1. The number of ether oxygens (including phenoxy) is 1. The molecule has 0 spiro atoms. The molecule has 3 heteroatoms. The molecular weight excluding hydrogens is 266 g/mol. The van der Waals surface area contributed by atoms with Crippen LogP contribution in [0.4, 0.5) is 0 Å². The average molecular weight is 289 g/mol. The minimum Gasteiger partial charge on any atom is -0.379 e. The van der Waals surface area contributed by atoms with E-state index < -0.39 is 0 Å². The van der Waals surface area contributed by atoms with Crippen molar-refractivity contribution in [1.29, 1.82) is 0 Å². The van der Waals surface area contributed by atoms with Gasteiger partial charge in [-0.3, -0.25) is 4.90 Å². The number of rotatable bonds is 3. The van der Waals surface area contributed by atoms with E-state index in [9.17, 15) is 0 Å². The SMILES string of the molecule is Cc1ccc(C(=S)C2(N3CCOCC3)CCCC2)cc1. The quantitative estimate of drug-likeness (QED) is 0.625. The maximum absolute atomic E-state index is 5.93. The van der Waals surface area contributed by atoms with Crippen molar-refractivity contribution in [2.75, 3.05) is 26.3 Å². The first kappa shape index (κ1) is 14.2. The largest absolute Gasteiger partial charge is 0.379 e. The van der Waals surface area contributed by atoms with Crippen LogP contribution in [0.1, 0.15) is 36.8 Å². The lowest BCUT2D eigenvalue weighted by Gasteiger charge is -2.44. The third kappa shape index (κ3) is 2.54. The summed E-state index contributed by atoms with van der Waals surface area (Å²) < 4.78 is 5.52. The maximum Gasteiger partial charge on any atom is 0.0594 e. The number of hydrogen-bond acceptors (Lipinski definition) is 3. The molecule has 1 aromatic rings. The van der Waals surface area contributed by atoms with Gasteiger partial charge in [-0.2, -0.15) is 0 Å². The van der Waals surface area contributed by atoms with Gasteiger partial charge in [0.15, 0.2) is 0 Å². The highest BCUT2D eigenvalue weighted by molar-refractivity contribution is 7.81. The van der Waals surface area contributed by atoms with Gasteiger partial charge < -0.3 is 4.74 Å². The van der Waals surface area contributed by atoms with E-state index in [1.54, 1.807) is 0 Å². The van der Waals surface area contributed by atoms with E-state index in [0.29, 0.717) is 0 Å². The van der Waals surface area contributed by atoms with Gasteiger partial charge in [-0.25, -0.2) is 0 Å². The summed E-state index contributed by atoms with van der Waals surface area (Å²) >= 11 is 5.93. The van der Waals surface area contributed by atoms with Crippen LogP contribution in [0.25, 0.3) is 0 Å². The minimum absolute atomic E-state index is 0.106. The maximum atomic E-state index is 5.93. The minimum atomic E-state index is 0.106. The van der Waals surface area contributed by atoms with E-state index in [1.165, 1.54) is 36.8 Å². The Morgan fingerprint density at radius 2 is 1.70 bits per heavy atom. The predicted octanol–water partition coefficient (Wildman–Crippen LogP) is 3.36. The Balaban J connectivity index is 1.89. The molecule has 0 N–H and O–H groups in total. The molecule has 0 unspecified atom stereocenters. The van der Waals surface area contributed by atoms with Gasteiger partial charge in [0, 0.05) is 18.0 Å². The fourth-order valence-corrected chi connectivity index (χ4v) is 4.08. The third-order valence-corrected chi connectivity index (χ3v) is 5.40. The zero-order valence-electron chi connectivity index (χ0n) is 12.2. The van der Waals surface area contributed by atoms with Crippen molar-refractivity contribution < 1.29 is 4.74 Å². The Labute approximate surface area is 127 Å². The van der Waals surface area contributed by atoms with Crippen LogP contribution in [-0.4, -0.2) is 41.6 Å². The highest BCUT2D eigenvalue weighted by Gasteiger charge is 2.43. The van der Waals surface area contributed by atoms with Crippen molar-refractivity contribution >= 4 is 17.1 Å². The van der Waals surface area contributed by atoms with Gasteiger partial charge in [-0.15, -0.1) is 0 Å². The molecule has 1 aliphatic carbocycles. The Hall–Kier alpha value is -0.770. The van der Waals surface area contributed by atoms with E-state index >= 15 is 0 Å². The molecule has 0 atom stereocenters. The van der Waals surface area contributed by atoms with Gasteiger partial charge in [-0.1, -0.05) is 54.9 Å². The van der Waals surface area contributed by atoms with Crippen molar-refractivity contribution in [3.63, 3.8) is 0 Å². The van der Waals surface area contributed by atoms with Crippen molar-refractivity contribution in [1.82, 2.24) is 4.90 Å². The van der Waals surface area contributed by atoms with Gasteiger partial charge >= 0.3 is 0 Å². The second-order valence-corrected chi connectivity index (χ2v) is 6.44. The van der Waals surface area contributed by atoms with Gasteiger partial charge in [0.1, 0.15) is 0 Å². The van der Waals surface area contributed by atoms with Crippen LogP contribution >= 0.6 is 12.2 Å². The molecule has 0 radical (unpaired) electrons. The second-order valence-electron chi connectivity index (χ2n) is 6.03. The first-order valence-corrected chi connectivity index (χ1v) is 8.07. The Morgan fingerprint density at radius 3 is 2.30 bits per heavy atom. The van der Waals surface area contributed by atoms with Crippen LogP contribution in [0.2, 0.25) is 0 Å². The number of morpholine rings is 1. The van der Waals surface area contributed by atoms with Crippen LogP contribution in [-0.2, 0) is 4.74 Å². The van der Waals surface area contributed by atoms with E-state index in [-0.39, 0.29) is 5.54 Å². The van der Waals surface area contributed by atoms with Gasteiger partial charge in [0.05, 0.1) is 18.8 Å². The van der Waals surface area contributed by atoms with E-state index in [0.717, 1.165) is 31.2 Å². The number of aryl methyl sites for hydroxylation is 1. The zero-order valence-corrected chi connectivity index (χ0v) is 13.0. The van der Waals surface area contributed by atoms with E-state index in [4.69, 9.17) is 17.0 Å². The summed E-state index contributed by atoms with van der Waals surface area (Å²) in [6.45, 7) is 5.86. The summed E-state index contributed by atoms with van der Waals surface area (Å²) in [5.74, 6) is 0. The predicted molar refractivity (Wildman–Crippen MR) is 86.5 cm³/mol. The monoisotopic (exact) mass is 289 g/mol. The molecule has 0 aromatic heterocycles. The molecule has 2 fully saturated rings. The molecule has 1 saturated heterocycles. The molecule has 108 valence electrons.